The first-order chi connectivity index (χ1) is 12.8. The van der Waals surface area contributed by atoms with Crippen LogP contribution >= 0.6 is 0 Å². The Balaban J connectivity index is 1.82. The number of ether oxygens (including phenoxy) is 1. The van der Waals surface area contributed by atoms with Crippen LogP contribution < -0.4 is 4.74 Å². The Hall–Kier alpha value is -3.07. The molecule has 3 aromatic carbocycles. The van der Waals surface area contributed by atoms with Gasteiger partial charge in [0.25, 0.3) is 5.91 Å². The van der Waals surface area contributed by atoms with Crippen molar-refractivity contribution in [1.29, 1.82) is 0 Å². The molecule has 0 spiro atoms. The van der Waals surface area contributed by atoms with Crippen LogP contribution in [0.4, 0.5) is 0 Å². The highest BCUT2D eigenvalue weighted by atomic mass is 16.5. The first-order valence-electron chi connectivity index (χ1n) is 8.86. The van der Waals surface area contributed by atoms with Gasteiger partial charge in [-0.05, 0) is 42.3 Å². The summed E-state index contributed by atoms with van der Waals surface area (Å²) >= 11 is 0. The predicted octanol–water partition coefficient (Wildman–Crippen LogP) is 4.93. The van der Waals surface area contributed by atoms with Gasteiger partial charge in [-0.2, -0.15) is 0 Å². The van der Waals surface area contributed by atoms with Crippen molar-refractivity contribution in [2.45, 2.75) is 20.0 Å². The lowest BCUT2D eigenvalue weighted by Crippen LogP contribution is -2.30. The molecule has 0 fully saturated rings. The van der Waals surface area contributed by atoms with Gasteiger partial charge in [0.05, 0.1) is 6.61 Å². The molecular weight excluding hydrogens is 322 g/mol. The van der Waals surface area contributed by atoms with E-state index in [1.165, 1.54) is 0 Å². The molecule has 3 rings (SSSR count). The van der Waals surface area contributed by atoms with Gasteiger partial charge in [-0.3, -0.25) is 4.79 Å². The Kier molecular flexibility index (Phi) is 6.05. The minimum absolute atomic E-state index is 0.0146. The average Bonchev–Trinajstić information content (AvgIpc) is 2.69. The van der Waals surface area contributed by atoms with E-state index in [1.807, 2.05) is 96.8 Å². The summed E-state index contributed by atoms with van der Waals surface area (Å²) in [6.45, 7) is 3.70. The molecule has 0 aromatic heterocycles. The molecular formula is C23H23NO2. The van der Waals surface area contributed by atoms with Gasteiger partial charge in [-0.25, -0.2) is 0 Å². The number of benzene rings is 3. The average molecular weight is 345 g/mol. The Bertz CT molecular complexity index is 772. The lowest BCUT2D eigenvalue weighted by atomic mass is 10.1. The SMILES string of the molecule is CCOc1ccc(C(=O)N(Cc2ccccc2)Cc2ccccc2)cc1. The fraction of sp³-hybridized carbons (Fsp3) is 0.174. The van der Waals surface area contributed by atoms with E-state index >= 15 is 0 Å². The van der Waals surface area contributed by atoms with E-state index in [1.54, 1.807) is 0 Å². The molecule has 0 atom stereocenters. The monoisotopic (exact) mass is 345 g/mol. The molecule has 26 heavy (non-hydrogen) atoms. The third-order valence-corrected chi connectivity index (χ3v) is 4.13. The van der Waals surface area contributed by atoms with E-state index < -0.39 is 0 Å². The fourth-order valence-corrected chi connectivity index (χ4v) is 2.85. The molecule has 0 aliphatic rings. The van der Waals surface area contributed by atoms with Crippen molar-refractivity contribution in [2.75, 3.05) is 6.61 Å². The third kappa shape index (κ3) is 4.73. The summed E-state index contributed by atoms with van der Waals surface area (Å²) in [4.78, 5) is 15.0. The zero-order chi connectivity index (χ0) is 18.2. The topological polar surface area (TPSA) is 29.5 Å². The van der Waals surface area contributed by atoms with Crippen LogP contribution in [0.25, 0.3) is 0 Å². The van der Waals surface area contributed by atoms with E-state index in [9.17, 15) is 4.79 Å². The highest BCUT2D eigenvalue weighted by Gasteiger charge is 2.17. The van der Waals surface area contributed by atoms with Crippen molar-refractivity contribution >= 4 is 5.91 Å². The van der Waals surface area contributed by atoms with Crippen LogP contribution in [0.1, 0.15) is 28.4 Å². The second-order valence-electron chi connectivity index (χ2n) is 6.09. The predicted molar refractivity (Wildman–Crippen MR) is 104 cm³/mol. The molecule has 1 amide bonds. The second-order valence-corrected chi connectivity index (χ2v) is 6.09. The van der Waals surface area contributed by atoms with Gasteiger partial charge < -0.3 is 9.64 Å². The van der Waals surface area contributed by atoms with E-state index in [0.717, 1.165) is 16.9 Å². The van der Waals surface area contributed by atoms with E-state index in [0.29, 0.717) is 25.3 Å². The van der Waals surface area contributed by atoms with E-state index in [2.05, 4.69) is 0 Å². The van der Waals surface area contributed by atoms with Gasteiger partial charge in [0, 0.05) is 18.7 Å². The fourth-order valence-electron chi connectivity index (χ4n) is 2.85. The number of nitrogens with zero attached hydrogens (tertiary/aromatic N) is 1. The number of carbonyl (C=O) groups is 1. The van der Waals surface area contributed by atoms with Crippen molar-refractivity contribution in [2.24, 2.45) is 0 Å². The Morgan fingerprint density at radius 1 is 0.769 bits per heavy atom. The number of carbonyl (C=O) groups excluding carboxylic acids is 1. The maximum atomic E-state index is 13.1. The summed E-state index contributed by atoms with van der Waals surface area (Å²) in [6, 6.07) is 27.5. The zero-order valence-electron chi connectivity index (χ0n) is 15.0. The van der Waals surface area contributed by atoms with Crippen molar-refractivity contribution in [3.8, 4) is 5.75 Å². The summed E-state index contributed by atoms with van der Waals surface area (Å²) in [5, 5.41) is 0. The Labute approximate surface area is 154 Å². The molecule has 3 aromatic rings. The van der Waals surface area contributed by atoms with Gasteiger partial charge in [-0.15, -0.1) is 0 Å². The maximum Gasteiger partial charge on any atom is 0.254 e. The van der Waals surface area contributed by atoms with E-state index in [-0.39, 0.29) is 5.91 Å². The molecule has 0 heterocycles. The summed E-state index contributed by atoms with van der Waals surface area (Å²) in [7, 11) is 0. The molecule has 0 saturated heterocycles. The van der Waals surface area contributed by atoms with Crippen LogP contribution in [0.3, 0.4) is 0 Å². The lowest BCUT2D eigenvalue weighted by molar-refractivity contribution is 0.0730. The number of hydrogen-bond acceptors (Lipinski definition) is 2. The van der Waals surface area contributed by atoms with Crippen LogP contribution in [-0.2, 0) is 13.1 Å². The normalized spacial score (nSPS) is 10.3. The smallest absolute Gasteiger partial charge is 0.254 e. The quantitative estimate of drug-likeness (QED) is 0.608. The lowest BCUT2D eigenvalue weighted by Gasteiger charge is -2.23. The van der Waals surface area contributed by atoms with Crippen LogP contribution in [0.15, 0.2) is 84.9 Å². The Morgan fingerprint density at radius 3 is 1.73 bits per heavy atom. The minimum Gasteiger partial charge on any atom is -0.494 e. The first kappa shape index (κ1) is 17.7. The van der Waals surface area contributed by atoms with Crippen molar-refractivity contribution in [1.82, 2.24) is 4.90 Å². The Morgan fingerprint density at radius 2 is 1.27 bits per heavy atom. The molecule has 3 heteroatoms. The standard InChI is InChI=1S/C23H23NO2/c1-2-26-22-15-13-21(14-16-22)23(25)24(17-19-9-5-3-6-10-19)18-20-11-7-4-8-12-20/h3-16H,2,17-18H2,1H3. The van der Waals surface area contributed by atoms with Gasteiger partial charge in [0.15, 0.2) is 0 Å². The third-order valence-electron chi connectivity index (χ3n) is 4.13. The van der Waals surface area contributed by atoms with Gasteiger partial charge in [-0.1, -0.05) is 60.7 Å². The van der Waals surface area contributed by atoms with Crippen LogP contribution in [0.5, 0.6) is 5.75 Å². The van der Waals surface area contributed by atoms with Gasteiger partial charge in [0.1, 0.15) is 5.75 Å². The second kappa shape index (κ2) is 8.86. The summed E-state index contributed by atoms with van der Waals surface area (Å²) in [6.07, 6.45) is 0. The van der Waals surface area contributed by atoms with Crippen molar-refractivity contribution < 1.29 is 9.53 Å². The molecule has 132 valence electrons. The van der Waals surface area contributed by atoms with Crippen LogP contribution in [0, 0.1) is 0 Å². The largest absolute Gasteiger partial charge is 0.494 e. The molecule has 0 aliphatic carbocycles. The van der Waals surface area contributed by atoms with Gasteiger partial charge >= 0.3 is 0 Å². The number of rotatable bonds is 7. The minimum atomic E-state index is 0.0146. The zero-order valence-corrected chi connectivity index (χ0v) is 15.0. The van der Waals surface area contributed by atoms with Gasteiger partial charge in [0.2, 0.25) is 0 Å². The molecule has 0 radical (unpaired) electrons. The molecule has 0 saturated carbocycles. The maximum absolute atomic E-state index is 13.1. The van der Waals surface area contributed by atoms with E-state index in [4.69, 9.17) is 4.74 Å². The molecule has 0 unspecified atom stereocenters. The summed E-state index contributed by atoms with van der Waals surface area (Å²) < 4.78 is 5.47. The van der Waals surface area contributed by atoms with Crippen LogP contribution in [0.2, 0.25) is 0 Å². The highest BCUT2D eigenvalue weighted by molar-refractivity contribution is 5.94. The summed E-state index contributed by atoms with van der Waals surface area (Å²) in [5.41, 5.74) is 2.89. The van der Waals surface area contributed by atoms with Crippen molar-refractivity contribution in [3.05, 3.63) is 102 Å². The molecule has 0 N–H and O–H groups in total. The number of amides is 1. The van der Waals surface area contributed by atoms with Crippen molar-refractivity contribution in [3.63, 3.8) is 0 Å². The first-order valence-corrected chi connectivity index (χ1v) is 8.86. The molecule has 0 bridgehead atoms. The van der Waals surface area contributed by atoms with Crippen LogP contribution in [-0.4, -0.2) is 17.4 Å². The summed E-state index contributed by atoms with van der Waals surface area (Å²) in [5.74, 6) is 0.794. The molecule has 0 aliphatic heterocycles. The highest BCUT2D eigenvalue weighted by Crippen LogP contribution is 2.17. The number of hydrogen-bond donors (Lipinski definition) is 0. The molecule has 3 nitrogen and oxygen atoms in total.